The summed E-state index contributed by atoms with van der Waals surface area (Å²) in [5.74, 6) is -0.245. The highest BCUT2D eigenvalue weighted by molar-refractivity contribution is 5.97. The molecule has 1 aliphatic rings. The van der Waals surface area contributed by atoms with Crippen molar-refractivity contribution < 1.29 is 14.7 Å². The minimum Gasteiger partial charge on any atom is -0.394 e. The van der Waals surface area contributed by atoms with Crippen molar-refractivity contribution in [2.75, 3.05) is 11.9 Å². The molecule has 9 nitrogen and oxygen atoms in total. The average molecular weight is 423 g/mol. The molecular formula is C22H25N5O4. The van der Waals surface area contributed by atoms with Gasteiger partial charge in [-0.15, -0.1) is 0 Å². The summed E-state index contributed by atoms with van der Waals surface area (Å²) in [5, 5.41) is 24.0. The molecule has 0 saturated heterocycles. The Morgan fingerprint density at radius 2 is 2.03 bits per heavy atom. The van der Waals surface area contributed by atoms with Gasteiger partial charge in [-0.05, 0) is 51.8 Å². The van der Waals surface area contributed by atoms with Crippen molar-refractivity contribution in [3.8, 4) is 17.3 Å². The Morgan fingerprint density at radius 1 is 1.32 bits per heavy atom. The van der Waals surface area contributed by atoms with Crippen molar-refractivity contribution in [3.05, 3.63) is 46.0 Å². The Hall–Kier alpha value is -3.51. The first kappa shape index (κ1) is 22.2. The van der Waals surface area contributed by atoms with Crippen LogP contribution in [0.3, 0.4) is 0 Å². The predicted octanol–water partition coefficient (Wildman–Crippen LogP) is 1.33. The van der Waals surface area contributed by atoms with Crippen LogP contribution in [0.5, 0.6) is 0 Å². The summed E-state index contributed by atoms with van der Waals surface area (Å²) < 4.78 is 1.23. The van der Waals surface area contributed by atoms with E-state index in [-0.39, 0.29) is 25.0 Å². The lowest BCUT2D eigenvalue weighted by Crippen LogP contribution is -2.48. The number of nitrogens with one attached hydrogen (secondary N) is 2. The molecule has 0 bridgehead atoms. The predicted molar refractivity (Wildman–Crippen MR) is 114 cm³/mol. The Labute approximate surface area is 179 Å². The number of hydrogen-bond donors (Lipinski definition) is 3. The molecule has 1 saturated carbocycles. The third-order valence-electron chi connectivity index (χ3n) is 5.00. The summed E-state index contributed by atoms with van der Waals surface area (Å²) in [7, 11) is 0. The van der Waals surface area contributed by atoms with E-state index in [0.29, 0.717) is 28.3 Å². The van der Waals surface area contributed by atoms with Gasteiger partial charge in [0.2, 0.25) is 11.8 Å². The fraction of sp³-hybridized carbons (Fsp3) is 0.409. The summed E-state index contributed by atoms with van der Waals surface area (Å²) >= 11 is 0. The van der Waals surface area contributed by atoms with E-state index in [1.54, 1.807) is 39.0 Å². The highest BCUT2D eigenvalue weighted by Crippen LogP contribution is 2.33. The zero-order valence-electron chi connectivity index (χ0n) is 17.7. The van der Waals surface area contributed by atoms with Crippen molar-refractivity contribution in [3.63, 3.8) is 0 Å². The summed E-state index contributed by atoms with van der Waals surface area (Å²) in [6.45, 7) is 4.48. The molecule has 1 heterocycles. The molecule has 0 aliphatic heterocycles. The number of nitriles is 1. The van der Waals surface area contributed by atoms with Gasteiger partial charge in [-0.25, -0.2) is 4.98 Å². The SMILES string of the molecule is Cc1nc(-c2ccc(C#N)cc2NC(=O)C2CC2)cc(=O)n1CC(=O)NC(C)(C)CO. The molecule has 0 atom stereocenters. The highest BCUT2D eigenvalue weighted by Gasteiger charge is 2.30. The van der Waals surface area contributed by atoms with Crippen LogP contribution in [0, 0.1) is 24.2 Å². The first-order valence-electron chi connectivity index (χ1n) is 9.99. The number of carbonyl (C=O) groups is 2. The lowest BCUT2D eigenvalue weighted by Gasteiger charge is -2.24. The van der Waals surface area contributed by atoms with Gasteiger partial charge in [-0.1, -0.05) is 0 Å². The Morgan fingerprint density at radius 3 is 2.61 bits per heavy atom. The van der Waals surface area contributed by atoms with E-state index in [0.717, 1.165) is 12.8 Å². The van der Waals surface area contributed by atoms with Crippen molar-refractivity contribution in [1.82, 2.24) is 14.9 Å². The topological polar surface area (TPSA) is 137 Å². The fourth-order valence-electron chi connectivity index (χ4n) is 3.07. The second kappa shape index (κ2) is 8.70. The smallest absolute Gasteiger partial charge is 0.254 e. The number of aromatic nitrogens is 2. The van der Waals surface area contributed by atoms with Gasteiger partial charge in [-0.2, -0.15) is 5.26 Å². The molecule has 1 aromatic carbocycles. The van der Waals surface area contributed by atoms with Crippen LogP contribution < -0.4 is 16.2 Å². The number of amides is 2. The van der Waals surface area contributed by atoms with E-state index in [2.05, 4.69) is 15.6 Å². The number of rotatable bonds is 7. The molecule has 0 radical (unpaired) electrons. The molecule has 1 aliphatic carbocycles. The van der Waals surface area contributed by atoms with Gasteiger partial charge < -0.3 is 15.7 Å². The van der Waals surface area contributed by atoms with Gasteiger partial charge in [0.15, 0.2) is 0 Å². The van der Waals surface area contributed by atoms with Gasteiger partial charge in [0.1, 0.15) is 12.4 Å². The van der Waals surface area contributed by atoms with Crippen molar-refractivity contribution in [2.45, 2.75) is 45.7 Å². The van der Waals surface area contributed by atoms with Gasteiger partial charge in [0.25, 0.3) is 5.56 Å². The quantitative estimate of drug-likeness (QED) is 0.614. The first-order valence-corrected chi connectivity index (χ1v) is 9.99. The third kappa shape index (κ3) is 5.35. The number of hydrogen-bond acceptors (Lipinski definition) is 6. The van der Waals surface area contributed by atoms with Crippen molar-refractivity contribution >= 4 is 17.5 Å². The molecule has 2 aromatic rings. The second-order valence-electron chi connectivity index (χ2n) is 8.34. The van der Waals surface area contributed by atoms with Gasteiger partial charge in [0, 0.05) is 17.5 Å². The van der Waals surface area contributed by atoms with Crippen molar-refractivity contribution in [2.24, 2.45) is 5.92 Å². The largest absolute Gasteiger partial charge is 0.394 e. The molecule has 3 N–H and O–H groups in total. The van der Waals surface area contributed by atoms with E-state index in [9.17, 15) is 24.8 Å². The van der Waals surface area contributed by atoms with E-state index < -0.39 is 17.0 Å². The van der Waals surface area contributed by atoms with E-state index >= 15 is 0 Å². The van der Waals surface area contributed by atoms with E-state index in [4.69, 9.17) is 0 Å². The molecule has 1 aromatic heterocycles. The number of aliphatic hydroxyl groups is 1. The molecule has 3 rings (SSSR count). The molecular weight excluding hydrogens is 398 g/mol. The average Bonchev–Trinajstić information content (AvgIpc) is 3.55. The number of anilines is 1. The summed E-state index contributed by atoms with van der Waals surface area (Å²) in [5.41, 5.74) is 0.421. The number of carbonyl (C=O) groups excluding carboxylic acids is 2. The van der Waals surface area contributed by atoms with Crippen LogP contribution in [-0.4, -0.2) is 38.6 Å². The fourth-order valence-corrected chi connectivity index (χ4v) is 3.07. The minimum atomic E-state index is -0.806. The van der Waals surface area contributed by atoms with Gasteiger partial charge in [-0.3, -0.25) is 19.0 Å². The van der Waals surface area contributed by atoms with Crippen LogP contribution in [0.15, 0.2) is 29.1 Å². The monoisotopic (exact) mass is 423 g/mol. The highest BCUT2D eigenvalue weighted by atomic mass is 16.3. The van der Waals surface area contributed by atoms with E-state index in [1.165, 1.54) is 10.6 Å². The minimum absolute atomic E-state index is 0.0250. The maximum atomic E-state index is 12.7. The maximum absolute atomic E-state index is 12.7. The molecule has 31 heavy (non-hydrogen) atoms. The molecule has 0 spiro atoms. The Kier molecular flexibility index (Phi) is 6.22. The zero-order chi connectivity index (χ0) is 22.8. The molecule has 9 heteroatoms. The molecule has 2 amide bonds. The lowest BCUT2D eigenvalue weighted by molar-refractivity contribution is -0.123. The maximum Gasteiger partial charge on any atom is 0.254 e. The van der Waals surface area contributed by atoms with E-state index in [1.807, 2.05) is 6.07 Å². The lowest BCUT2D eigenvalue weighted by atomic mass is 10.1. The normalized spacial score (nSPS) is 13.4. The zero-order valence-corrected chi connectivity index (χ0v) is 17.7. The van der Waals surface area contributed by atoms with Crippen molar-refractivity contribution in [1.29, 1.82) is 5.26 Å². The van der Waals surface area contributed by atoms with Gasteiger partial charge >= 0.3 is 0 Å². The Bertz CT molecular complexity index is 1130. The van der Waals surface area contributed by atoms with Crippen LogP contribution in [0.2, 0.25) is 0 Å². The summed E-state index contributed by atoms with van der Waals surface area (Å²) in [6.07, 6.45) is 1.67. The van der Waals surface area contributed by atoms with Crippen LogP contribution >= 0.6 is 0 Å². The Balaban J connectivity index is 1.92. The summed E-state index contributed by atoms with van der Waals surface area (Å²) in [4.78, 5) is 41.7. The molecule has 162 valence electrons. The standard InChI is InChI=1S/C22H25N5O4/c1-13-24-18(9-20(30)27(13)11-19(29)26-22(2,3)12-28)16-7-4-14(10-23)8-17(16)25-21(31)15-5-6-15/h4,7-9,15,28H,5-6,11-12H2,1-3H3,(H,25,31)(H,26,29). The van der Waals surface area contributed by atoms with Crippen LogP contribution in [-0.2, 0) is 16.1 Å². The number of aliphatic hydroxyl groups excluding tert-OH is 1. The van der Waals surface area contributed by atoms with Gasteiger partial charge in [0.05, 0.1) is 35.2 Å². The van der Waals surface area contributed by atoms with Crippen LogP contribution in [0.4, 0.5) is 5.69 Å². The van der Waals surface area contributed by atoms with Crippen LogP contribution in [0.25, 0.3) is 11.3 Å². The number of aryl methyl sites for hydroxylation is 1. The number of nitrogens with zero attached hydrogens (tertiary/aromatic N) is 3. The van der Waals surface area contributed by atoms with Crippen LogP contribution in [0.1, 0.15) is 38.1 Å². The molecule has 1 fully saturated rings. The first-order chi connectivity index (χ1) is 14.6. The second-order valence-corrected chi connectivity index (χ2v) is 8.34. The third-order valence-corrected chi connectivity index (χ3v) is 5.00. The number of benzene rings is 1. The summed E-state index contributed by atoms with van der Waals surface area (Å²) in [6, 6.07) is 8.13. The molecule has 0 unspecified atom stereocenters.